The van der Waals surface area contributed by atoms with E-state index in [0.29, 0.717) is 11.1 Å². The van der Waals surface area contributed by atoms with Crippen LogP contribution in [0.15, 0.2) is 46.9 Å². The van der Waals surface area contributed by atoms with Gasteiger partial charge >= 0.3 is 0 Å². The molecule has 0 atom stereocenters. The molecule has 1 amide bonds. The van der Waals surface area contributed by atoms with E-state index < -0.39 is 0 Å². The van der Waals surface area contributed by atoms with Crippen LogP contribution in [-0.4, -0.2) is 18.0 Å². The SMILES string of the molecule is COc1nc2cc(Br)ccc2c(C)c1C(=O)NCc1cccc(F)c1. The molecule has 3 aromatic rings. The zero-order valence-electron chi connectivity index (χ0n) is 13.8. The van der Waals surface area contributed by atoms with E-state index in [9.17, 15) is 9.18 Å². The van der Waals surface area contributed by atoms with E-state index in [1.165, 1.54) is 19.2 Å². The second-order valence-electron chi connectivity index (χ2n) is 5.60. The highest BCUT2D eigenvalue weighted by atomic mass is 79.9. The van der Waals surface area contributed by atoms with Gasteiger partial charge < -0.3 is 10.1 Å². The van der Waals surface area contributed by atoms with Crippen molar-refractivity contribution in [1.82, 2.24) is 10.3 Å². The molecule has 2 aromatic carbocycles. The van der Waals surface area contributed by atoms with Crippen LogP contribution >= 0.6 is 15.9 Å². The molecule has 0 saturated heterocycles. The second kappa shape index (κ2) is 7.19. The van der Waals surface area contributed by atoms with Crippen molar-refractivity contribution in [2.75, 3.05) is 7.11 Å². The average Bonchev–Trinajstić information content (AvgIpc) is 2.59. The van der Waals surface area contributed by atoms with E-state index in [2.05, 4.69) is 26.2 Å². The van der Waals surface area contributed by atoms with Crippen LogP contribution in [0.1, 0.15) is 21.5 Å². The lowest BCUT2D eigenvalue weighted by atomic mass is 10.0. The van der Waals surface area contributed by atoms with Gasteiger partial charge in [0.05, 0.1) is 12.6 Å². The Kier molecular flexibility index (Phi) is 4.99. The number of nitrogens with one attached hydrogen (secondary N) is 1. The van der Waals surface area contributed by atoms with Gasteiger partial charge in [0.15, 0.2) is 0 Å². The largest absolute Gasteiger partial charge is 0.480 e. The molecular weight excluding hydrogens is 387 g/mol. The Bertz CT molecular complexity index is 960. The minimum Gasteiger partial charge on any atom is -0.480 e. The summed E-state index contributed by atoms with van der Waals surface area (Å²) in [6, 6.07) is 11.8. The van der Waals surface area contributed by atoms with Crippen molar-refractivity contribution in [3.8, 4) is 5.88 Å². The van der Waals surface area contributed by atoms with Crippen LogP contribution in [0.25, 0.3) is 10.9 Å². The summed E-state index contributed by atoms with van der Waals surface area (Å²) in [4.78, 5) is 17.1. The maximum absolute atomic E-state index is 13.3. The molecule has 0 bridgehead atoms. The van der Waals surface area contributed by atoms with Crippen LogP contribution in [0.5, 0.6) is 5.88 Å². The van der Waals surface area contributed by atoms with Crippen LogP contribution in [0.3, 0.4) is 0 Å². The number of ether oxygens (including phenoxy) is 1. The van der Waals surface area contributed by atoms with Crippen LogP contribution in [0, 0.1) is 12.7 Å². The average molecular weight is 403 g/mol. The third kappa shape index (κ3) is 3.64. The van der Waals surface area contributed by atoms with Crippen molar-refractivity contribution in [3.63, 3.8) is 0 Å². The van der Waals surface area contributed by atoms with Crippen molar-refractivity contribution >= 4 is 32.7 Å². The second-order valence-corrected chi connectivity index (χ2v) is 6.51. The number of halogens is 2. The smallest absolute Gasteiger partial charge is 0.257 e. The first-order valence-electron chi connectivity index (χ1n) is 7.66. The summed E-state index contributed by atoms with van der Waals surface area (Å²) in [6.45, 7) is 2.08. The summed E-state index contributed by atoms with van der Waals surface area (Å²) < 4.78 is 19.5. The molecule has 0 fully saturated rings. The number of hydrogen-bond donors (Lipinski definition) is 1. The van der Waals surface area contributed by atoms with Gasteiger partial charge in [-0.3, -0.25) is 4.79 Å². The molecule has 0 aliphatic carbocycles. The number of methoxy groups -OCH3 is 1. The highest BCUT2D eigenvalue weighted by molar-refractivity contribution is 9.10. The van der Waals surface area contributed by atoms with E-state index in [-0.39, 0.29) is 24.1 Å². The third-order valence-electron chi connectivity index (χ3n) is 3.94. The summed E-state index contributed by atoms with van der Waals surface area (Å²) in [6.07, 6.45) is 0. The van der Waals surface area contributed by atoms with Gasteiger partial charge in [-0.05, 0) is 42.3 Å². The lowest BCUT2D eigenvalue weighted by molar-refractivity contribution is 0.0946. The van der Waals surface area contributed by atoms with E-state index in [1.54, 1.807) is 12.1 Å². The molecule has 1 aromatic heterocycles. The van der Waals surface area contributed by atoms with Gasteiger partial charge in [0.25, 0.3) is 5.91 Å². The van der Waals surface area contributed by atoms with Crippen molar-refractivity contribution in [2.45, 2.75) is 13.5 Å². The van der Waals surface area contributed by atoms with Crippen molar-refractivity contribution < 1.29 is 13.9 Å². The zero-order valence-corrected chi connectivity index (χ0v) is 15.4. The Labute approximate surface area is 153 Å². The van der Waals surface area contributed by atoms with Gasteiger partial charge in [-0.1, -0.05) is 34.1 Å². The molecule has 25 heavy (non-hydrogen) atoms. The third-order valence-corrected chi connectivity index (χ3v) is 4.43. The number of fused-ring (bicyclic) bond motifs is 1. The zero-order chi connectivity index (χ0) is 18.0. The van der Waals surface area contributed by atoms with Crippen LogP contribution < -0.4 is 10.1 Å². The first-order valence-corrected chi connectivity index (χ1v) is 8.45. The fraction of sp³-hybridized carbons (Fsp3) is 0.158. The first-order chi connectivity index (χ1) is 12.0. The van der Waals surface area contributed by atoms with Crippen molar-refractivity contribution in [3.05, 3.63) is 69.4 Å². The molecule has 1 N–H and O–H groups in total. The van der Waals surface area contributed by atoms with Crippen molar-refractivity contribution in [1.29, 1.82) is 0 Å². The fourth-order valence-electron chi connectivity index (χ4n) is 2.71. The van der Waals surface area contributed by atoms with E-state index in [4.69, 9.17) is 4.74 Å². The molecule has 0 aliphatic rings. The van der Waals surface area contributed by atoms with Crippen LogP contribution in [0.4, 0.5) is 4.39 Å². The van der Waals surface area contributed by atoms with Gasteiger partial charge in [-0.25, -0.2) is 9.37 Å². The minimum absolute atomic E-state index is 0.220. The van der Waals surface area contributed by atoms with Gasteiger partial charge in [0, 0.05) is 16.4 Å². The van der Waals surface area contributed by atoms with E-state index in [1.807, 2.05) is 25.1 Å². The standard InChI is InChI=1S/C19H16BrFN2O2/c1-11-15-7-6-13(20)9-16(15)23-19(25-2)17(11)18(24)22-10-12-4-3-5-14(21)8-12/h3-9H,10H2,1-2H3,(H,22,24). The quantitative estimate of drug-likeness (QED) is 0.704. The van der Waals surface area contributed by atoms with Gasteiger partial charge in [0.2, 0.25) is 5.88 Å². The Morgan fingerprint density at radius 1 is 1.28 bits per heavy atom. The lowest BCUT2D eigenvalue weighted by Gasteiger charge is -2.14. The first kappa shape index (κ1) is 17.4. The summed E-state index contributed by atoms with van der Waals surface area (Å²) in [7, 11) is 1.48. The lowest BCUT2D eigenvalue weighted by Crippen LogP contribution is -2.24. The maximum atomic E-state index is 13.3. The monoisotopic (exact) mass is 402 g/mol. The van der Waals surface area contributed by atoms with E-state index in [0.717, 1.165) is 20.9 Å². The molecule has 0 radical (unpaired) electrons. The number of benzene rings is 2. The Morgan fingerprint density at radius 3 is 2.80 bits per heavy atom. The van der Waals surface area contributed by atoms with E-state index >= 15 is 0 Å². The summed E-state index contributed by atoms with van der Waals surface area (Å²) >= 11 is 3.42. The Morgan fingerprint density at radius 2 is 2.08 bits per heavy atom. The molecule has 0 saturated carbocycles. The normalized spacial score (nSPS) is 10.7. The van der Waals surface area contributed by atoms with Gasteiger partial charge in [0.1, 0.15) is 11.4 Å². The maximum Gasteiger partial charge on any atom is 0.257 e. The highest BCUT2D eigenvalue weighted by Crippen LogP contribution is 2.29. The molecule has 1 heterocycles. The summed E-state index contributed by atoms with van der Waals surface area (Å²) in [5.41, 5.74) is 2.59. The number of rotatable bonds is 4. The highest BCUT2D eigenvalue weighted by Gasteiger charge is 2.19. The molecule has 4 nitrogen and oxygen atoms in total. The molecular formula is C19H16BrFN2O2. The number of carbonyl (C=O) groups excluding carboxylic acids is 1. The number of hydrogen-bond acceptors (Lipinski definition) is 3. The van der Waals surface area contributed by atoms with Crippen LogP contribution in [-0.2, 0) is 6.54 Å². The molecule has 0 unspecified atom stereocenters. The molecule has 0 aliphatic heterocycles. The molecule has 0 spiro atoms. The van der Waals surface area contributed by atoms with Crippen LogP contribution in [0.2, 0.25) is 0 Å². The topological polar surface area (TPSA) is 51.2 Å². The fourth-order valence-corrected chi connectivity index (χ4v) is 3.06. The number of amides is 1. The Hall–Kier alpha value is -2.47. The summed E-state index contributed by atoms with van der Waals surface area (Å²) in [5, 5.41) is 3.67. The molecule has 128 valence electrons. The number of nitrogens with zero attached hydrogens (tertiary/aromatic N) is 1. The minimum atomic E-state index is -0.335. The number of carbonyl (C=O) groups is 1. The predicted molar refractivity (Wildman–Crippen MR) is 98.3 cm³/mol. The predicted octanol–water partition coefficient (Wildman–Crippen LogP) is 4.38. The van der Waals surface area contributed by atoms with Gasteiger partial charge in [-0.2, -0.15) is 0 Å². The summed E-state index contributed by atoms with van der Waals surface area (Å²) in [5.74, 6) is -0.380. The van der Waals surface area contributed by atoms with Crippen molar-refractivity contribution in [2.24, 2.45) is 0 Å². The number of pyridine rings is 1. The number of aryl methyl sites for hydroxylation is 1. The van der Waals surface area contributed by atoms with Gasteiger partial charge in [-0.15, -0.1) is 0 Å². The Balaban J connectivity index is 1.94. The number of aromatic nitrogens is 1. The molecule has 6 heteroatoms. The molecule has 3 rings (SSSR count).